The van der Waals surface area contributed by atoms with Crippen molar-refractivity contribution in [3.05, 3.63) is 23.2 Å². The highest BCUT2D eigenvalue weighted by Crippen LogP contribution is 2.11. The van der Waals surface area contributed by atoms with E-state index in [1.165, 1.54) is 0 Å². The van der Waals surface area contributed by atoms with E-state index in [1.807, 2.05) is 0 Å². The molecule has 0 radical (unpaired) electrons. The lowest BCUT2D eigenvalue weighted by Crippen LogP contribution is -2.40. The molecule has 2 aliphatic rings. The van der Waals surface area contributed by atoms with Crippen LogP contribution in [0.15, 0.2) is 23.2 Å². The smallest absolute Gasteiger partial charge is 0.206 e. The Bertz CT molecular complexity index is 236. The van der Waals surface area contributed by atoms with Crippen LogP contribution in [-0.2, 0) is 9.47 Å². The second kappa shape index (κ2) is 3.25. The molecular formula is C7H9ClN2O2. The summed E-state index contributed by atoms with van der Waals surface area (Å²) in [5.41, 5.74) is 5.53. The Labute approximate surface area is 75.1 Å². The quantitative estimate of drug-likeness (QED) is 0.617. The van der Waals surface area contributed by atoms with E-state index in [-0.39, 0.29) is 6.10 Å². The van der Waals surface area contributed by atoms with Gasteiger partial charge in [0.1, 0.15) is 11.3 Å². The predicted molar refractivity (Wildman–Crippen MR) is 44.0 cm³/mol. The van der Waals surface area contributed by atoms with Crippen LogP contribution in [0.3, 0.4) is 0 Å². The average Bonchev–Trinajstić information content (AvgIpc) is 2.00. The fourth-order valence-corrected chi connectivity index (χ4v) is 0.994. The molecule has 0 aromatic rings. The van der Waals surface area contributed by atoms with E-state index in [0.29, 0.717) is 24.3 Å². The molecule has 0 atom stereocenters. The third-order valence-electron chi connectivity index (χ3n) is 1.59. The molecule has 5 heteroatoms. The van der Waals surface area contributed by atoms with Crippen LogP contribution in [0.2, 0.25) is 0 Å². The number of rotatable bonds is 2. The average molecular weight is 189 g/mol. The monoisotopic (exact) mass is 188 g/mol. The highest BCUT2D eigenvalue weighted by atomic mass is 35.5. The maximum Gasteiger partial charge on any atom is 0.206 e. The zero-order chi connectivity index (χ0) is 8.39. The Morgan fingerprint density at radius 1 is 1.42 bits per heavy atom. The summed E-state index contributed by atoms with van der Waals surface area (Å²) in [4.78, 5) is 0. The maximum absolute atomic E-state index is 5.63. The summed E-state index contributed by atoms with van der Waals surface area (Å²) < 4.78 is 10.4. The van der Waals surface area contributed by atoms with Gasteiger partial charge in [-0.05, 0) is 6.08 Å². The van der Waals surface area contributed by atoms with Crippen molar-refractivity contribution < 1.29 is 9.47 Å². The topological polar surface area (TPSA) is 42.5 Å². The molecule has 1 fully saturated rings. The molecule has 0 spiro atoms. The summed E-state index contributed by atoms with van der Waals surface area (Å²) in [6.45, 7) is 1.33. The zero-order valence-electron chi connectivity index (χ0n) is 6.34. The van der Waals surface area contributed by atoms with Crippen molar-refractivity contribution in [3.63, 3.8) is 0 Å². The summed E-state index contributed by atoms with van der Waals surface area (Å²) in [7, 11) is 0. The zero-order valence-corrected chi connectivity index (χ0v) is 7.10. The molecule has 1 saturated heterocycles. The van der Waals surface area contributed by atoms with Crippen LogP contribution in [0.1, 0.15) is 0 Å². The largest absolute Gasteiger partial charge is 0.470 e. The summed E-state index contributed by atoms with van der Waals surface area (Å²) in [6.07, 6.45) is 3.68. The summed E-state index contributed by atoms with van der Waals surface area (Å²) in [6, 6.07) is 0. The van der Waals surface area contributed by atoms with Gasteiger partial charge in [0.25, 0.3) is 0 Å². The van der Waals surface area contributed by atoms with Crippen LogP contribution < -0.4 is 10.9 Å². The van der Waals surface area contributed by atoms with E-state index in [1.54, 1.807) is 12.2 Å². The molecule has 0 aliphatic carbocycles. The van der Waals surface area contributed by atoms with E-state index >= 15 is 0 Å². The first-order valence-corrected chi connectivity index (χ1v) is 4.06. The minimum absolute atomic E-state index is 0.177. The Hall–Kier alpha value is -0.870. The molecule has 2 N–H and O–H groups in total. The van der Waals surface area contributed by atoms with Gasteiger partial charge in [0, 0.05) is 6.08 Å². The Morgan fingerprint density at radius 3 is 2.75 bits per heavy atom. The number of hydrogen-bond donors (Lipinski definition) is 2. The second-order valence-corrected chi connectivity index (χ2v) is 2.98. The van der Waals surface area contributed by atoms with E-state index in [4.69, 9.17) is 21.1 Å². The molecule has 66 valence electrons. The fraction of sp³-hybridized carbons (Fsp3) is 0.429. The Balaban J connectivity index is 1.87. The molecule has 2 rings (SSSR count). The van der Waals surface area contributed by atoms with Gasteiger partial charge in [-0.3, -0.25) is 10.9 Å². The van der Waals surface area contributed by atoms with E-state index in [2.05, 4.69) is 10.9 Å². The van der Waals surface area contributed by atoms with Crippen molar-refractivity contribution in [2.24, 2.45) is 0 Å². The van der Waals surface area contributed by atoms with E-state index in [9.17, 15) is 0 Å². The number of halogens is 1. The standard InChI is InChI=1S/C7H9ClN2O2/c8-6-1-2-7(10-9-6)12-5-3-11-4-5/h1-2,5,9-10H,3-4H2. The number of hydrogen-bond acceptors (Lipinski definition) is 4. The van der Waals surface area contributed by atoms with Gasteiger partial charge in [-0.1, -0.05) is 11.6 Å². The number of nitrogens with one attached hydrogen (secondary N) is 2. The van der Waals surface area contributed by atoms with Crippen molar-refractivity contribution in [3.8, 4) is 0 Å². The molecular weight excluding hydrogens is 180 g/mol. The lowest BCUT2D eigenvalue weighted by molar-refractivity contribution is -0.112. The Morgan fingerprint density at radius 2 is 2.25 bits per heavy atom. The molecule has 0 bridgehead atoms. The minimum atomic E-state index is 0.177. The molecule has 0 aromatic heterocycles. The van der Waals surface area contributed by atoms with Gasteiger partial charge < -0.3 is 9.47 Å². The van der Waals surface area contributed by atoms with Gasteiger partial charge in [0.15, 0.2) is 0 Å². The van der Waals surface area contributed by atoms with Crippen LogP contribution in [0.25, 0.3) is 0 Å². The van der Waals surface area contributed by atoms with Gasteiger partial charge >= 0.3 is 0 Å². The summed E-state index contributed by atoms with van der Waals surface area (Å²) >= 11 is 5.63. The summed E-state index contributed by atoms with van der Waals surface area (Å²) in [5, 5.41) is 0.548. The molecule has 2 heterocycles. The van der Waals surface area contributed by atoms with Crippen LogP contribution in [0.4, 0.5) is 0 Å². The van der Waals surface area contributed by atoms with Crippen molar-refractivity contribution in [2.75, 3.05) is 13.2 Å². The van der Waals surface area contributed by atoms with Gasteiger partial charge in [-0.2, -0.15) is 0 Å². The molecule has 12 heavy (non-hydrogen) atoms. The SMILES string of the molecule is ClC1=CC=C(OC2COC2)NN1. The van der Waals surface area contributed by atoms with Crippen molar-refractivity contribution in [2.45, 2.75) is 6.10 Å². The Kier molecular flexibility index (Phi) is 2.10. The molecule has 0 saturated carbocycles. The lowest BCUT2D eigenvalue weighted by atomic mass is 10.3. The van der Waals surface area contributed by atoms with E-state index < -0.39 is 0 Å². The second-order valence-electron chi connectivity index (χ2n) is 2.57. The van der Waals surface area contributed by atoms with Crippen LogP contribution in [0, 0.1) is 0 Å². The first-order valence-electron chi connectivity index (χ1n) is 3.68. The minimum Gasteiger partial charge on any atom is -0.470 e. The van der Waals surface area contributed by atoms with Crippen molar-refractivity contribution in [1.29, 1.82) is 0 Å². The molecule has 0 unspecified atom stereocenters. The van der Waals surface area contributed by atoms with Gasteiger partial charge in [0.05, 0.1) is 13.2 Å². The van der Waals surface area contributed by atoms with E-state index in [0.717, 1.165) is 0 Å². The predicted octanol–water partition coefficient (Wildman–Crippen LogP) is 0.431. The molecule has 0 amide bonds. The molecule has 2 aliphatic heterocycles. The molecule has 4 nitrogen and oxygen atoms in total. The van der Waals surface area contributed by atoms with Gasteiger partial charge in [0.2, 0.25) is 5.88 Å². The number of allylic oxidation sites excluding steroid dienone is 2. The third kappa shape index (κ3) is 1.65. The van der Waals surface area contributed by atoms with Crippen molar-refractivity contribution >= 4 is 11.6 Å². The molecule has 0 aromatic carbocycles. The van der Waals surface area contributed by atoms with Crippen LogP contribution in [-0.4, -0.2) is 19.3 Å². The first-order chi connectivity index (χ1) is 5.84. The summed E-state index contributed by atoms with van der Waals surface area (Å²) in [5.74, 6) is 0.674. The first kappa shape index (κ1) is 7.76. The maximum atomic E-state index is 5.63. The van der Waals surface area contributed by atoms with Gasteiger partial charge in [-0.25, -0.2) is 0 Å². The van der Waals surface area contributed by atoms with Crippen LogP contribution >= 0.6 is 11.6 Å². The normalized spacial score (nSPS) is 22.8. The fourth-order valence-electron chi connectivity index (χ4n) is 0.884. The number of ether oxygens (including phenoxy) is 2. The van der Waals surface area contributed by atoms with Crippen LogP contribution in [0.5, 0.6) is 0 Å². The van der Waals surface area contributed by atoms with Gasteiger partial charge in [-0.15, -0.1) is 0 Å². The number of hydrazine groups is 1. The highest BCUT2D eigenvalue weighted by Gasteiger charge is 2.21. The third-order valence-corrected chi connectivity index (χ3v) is 1.81. The lowest BCUT2D eigenvalue weighted by Gasteiger charge is -2.28. The van der Waals surface area contributed by atoms with Crippen molar-refractivity contribution in [1.82, 2.24) is 10.9 Å². The highest BCUT2D eigenvalue weighted by molar-refractivity contribution is 6.29.